The maximum absolute atomic E-state index is 12.5. The van der Waals surface area contributed by atoms with Crippen LogP contribution in [-0.4, -0.2) is 40.6 Å². The minimum absolute atomic E-state index is 0.0852. The van der Waals surface area contributed by atoms with Crippen LogP contribution < -0.4 is 4.31 Å². The average molecular weight is 328 g/mol. The summed E-state index contributed by atoms with van der Waals surface area (Å²) in [4.78, 5) is 0. The highest BCUT2D eigenvalue weighted by atomic mass is 32.2. The van der Waals surface area contributed by atoms with Crippen LogP contribution in [0.4, 0.5) is 5.69 Å². The summed E-state index contributed by atoms with van der Waals surface area (Å²) in [7, 11) is -5.25. The maximum Gasteiger partial charge on any atom is 0.237 e. The van der Waals surface area contributed by atoms with E-state index in [1.165, 1.54) is 7.05 Å². The first-order chi connectivity index (χ1) is 9.76. The Bertz CT molecular complexity index is 747. The van der Waals surface area contributed by atoms with Gasteiger partial charge in [-0.15, -0.1) is 0 Å². The second-order valence-corrected chi connectivity index (χ2v) is 9.57. The molecule has 2 rings (SSSR count). The lowest BCUT2D eigenvalue weighted by Gasteiger charge is -2.28. The Morgan fingerprint density at radius 2 is 1.71 bits per heavy atom. The highest BCUT2D eigenvalue weighted by Gasteiger charge is 2.35. The van der Waals surface area contributed by atoms with Crippen molar-refractivity contribution in [1.82, 2.24) is 0 Å². The molecule has 0 atom stereocenters. The molecule has 6 nitrogen and oxygen atoms in total. The summed E-state index contributed by atoms with van der Waals surface area (Å²) < 4.78 is 49.0. The van der Waals surface area contributed by atoms with E-state index in [-0.39, 0.29) is 24.3 Å². The van der Waals surface area contributed by atoms with Crippen LogP contribution in [0.15, 0.2) is 24.3 Å². The van der Waals surface area contributed by atoms with Gasteiger partial charge in [-0.1, -0.05) is 0 Å². The van der Waals surface area contributed by atoms with Crippen LogP contribution in [0.5, 0.6) is 0 Å². The average Bonchev–Trinajstić information content (AvgIpc) is 2.46. The van der Waals surface area contributed by atoms with Crippen molar-refractivity contribution in [3.05, 3.63) is 29.8 Å². The van der Waals surface area contributed by atoms with Crippen LogP contribution in [0.1, 0.15) is 18.4 Å². The number of anilines is 1. The molecule has 21 heavy (non-hydrogen) atoms. The van der Waals surface area contributed by atoms with Crippen molar-refractivity contribution in [2.75, 3.05) is 22.9 Å². The van der Waals surface area contributed by atoms with Crippen molar-refractivity contribution in [3.63, 3.8) is 0 Å². The van der Waals surface area contributed by atoms with Gasteiger partial charge in [0.15, 0.2) is 0 Å². The smallest absolute Gasteiger partial charge is 0.237 e. The van der Waals surface area contributed by atoms with Gasteiger partial charge in [-0.2, -0.15) is 5.26 Å². The Morgan fingerprint density at radius 1 is 1.19 bits per heavy atom. The first kappa shape index (κ1) is 15.8. The summed E-state index contributed by atoms with van der Waals surface area (Å²) >= 11 is 0. The van der Waals surface area contributed by atoms with Crippen LogP contribution >= 0.6 is 0 Å². The molecule has 0 spiro atoms. The molecule has 1 heterocycles. The monoisotopic (exact) mass is 328 g/mol. The lowest BCUT2D eigenvalue weighted by Crippen LogP contribution is -2.40. The van der Waals surface area contributed by atoms with Gasteiger partial charge < -0.3 is 0 Å². The van der Waals surface area contributed by atoms with E-state index in [2.05, 4.69) is 0 Å². The second kappa shape index (κ2) is 5.66. The molecule has 1 aliphatic heterocycles. The zero-order valence-electron chi connectivity index (χ0n) is 11.6. The highest BCUT2D eigenvalue weighted by Crippen LogP contribution is 2.25. The summed E-state index contributed by atoms with van der Waals surface area (Å²) in [6.45, 7) is 0. The molecular formula is C13H16N2O4S2. The summed E-state index contributed by atoms with van der Waals surface area (Å²) in [6, 6.07) is 8.20. The zero-order chi connectivity index (χ0) is 15.7. The standard InChI is InChI=1S/C13H16N2O4S2/c1-15(12-4-2-11(10-14)3-5-12)21(18,19)13-6-8-20(16,17)9-7-13/h2-5,13H,6-9H2,1H3. The Balaban J connectivity index is 2.21. The maximum atomic E-state index is 12.5. The van der Waals surface area contributed by atoms with E-state index in [1.807, 2.05) is 6.07 Å². The molecule has 0 unspecified atom stereocenters. The molecule has 1 aromatic carbocycles. The van der Waals surface area contributed by atoms with E-state index in [4.69, 9.17) is 5.26 Å². The molecule has 114 valence electrons. The summed E-state index contributed by atoms with van der Waals surface area (Å²) in [5.74, 6) is -0.170. The fourth-order valence-corrected chi connectivity index (χ4v) is 5.77. The van der Waals surface area contributed by atoms with Crippen LogP contribution in [0, 0.1) is 11.3 Å². The minimum Gasteiger partial charge on any atom is -0.273 e. The van der Waals surface area contributed by atoms with Crippen molar-refractivity contribution >= 4 is 25.5 Å². The van der Waals surface area contributed by atoms with E-state index in [1.54, 1.807) is 24.3 Å². The van der Waals surface area contributed by atoms with Gasteiger partial charge in [0.25, 0.3) is 0 Å². The fraction of sp³-hybridized carbons (Fsp3) is 0.462. The summed E-state index contributed by atoms with van der Waals surface area (Å²) in [5.41, 5.74) is 0.913. The number of benzene rings is 1. The molecule has 1 saturated heterocycles. The van der Waals surface area contributed by atoms with Crippen LogP contribution in [0.2, 0.25) is 0 Å². The zero-order valence-corrected chi connectivity index (χ0v) is 13.2. The molecule has 1 aliphatic rings. The minimum atomic E-state index is -3.60. The van der Waals surface area contributed by atoms with Crippen LogP contribution in [0.3, 0.4) is 0 Å². The Labute approximate surface area is 125 Å². The molecule has 1 aromatic rings. The van der Waals surface area contributed by atoms with Crippen molar-refractivity contribution in [3.8, 4) is 6.07 Å². The van der Waals surface area contributed by atoms with E-state index >= 15 is 0 Å². The predicted octanol–water partition coefficient (Wildman–Crippen LogP) is 0.901. The van der Waals surface area contributed by atoms with Crippen LogP contribution in [-0.2, 0) is 19.9 Å². The molecule has 0 aliphatic carbocycles. The van der Waals surface area contributed by atoms with Crippen molar-refractivity contribution in [1.29, 1.82) is 5.26 Å². The normalized spacial score (nSPS) is 18.9. The van der Waals surface area contributed by atoms with Crippen molar-refractivity contribution < 1.29 is 16.8 Å². The topological polar surface area (TPSA) is 95.3 Å². The van der Waals surface area contributed by atoms with E-state index in [0.717, 1.165) is 4.31 Å². The molecule has 0 saturated carbocycles. The number of rotatable bonds is 3. The Morgan fingerprint density at radius 3 is 2.19 bits per heavy atom. The SMILES string of the molecule is CN(c1ccc(C#N)cc1)S(=O)(=O)C1CCS(=O)(=O)CC1. The second-order valence-electron chi connectivity index (χ2n) is 5.02. The molecule has 0 amide bonds. The third kappa shape index (κ3) is 3.36. The van der Waals surface area contributed by atoms with Gasteiger partial charge in [0.05, 0.1) is 34.1 Å². The predicted molar refractivity (Wildman–Crippen MR) is 80.2 cm³/mol. The third-order valence-corrected chi connectivity index (χ3v) is 7.67. The van der Waals surface area contributed by atoms with Gasteiger partial charge >= 0.3 is 0 Å². The van der Waals surface area contributed by atoms with Crippen LogP contribution in [0.25, 0.3) is 0 Å². The Kier molecular flexibility index (Phi) is 4.25. The summed E-state index contributed by atoms with van der Waals surface area (Å²) in [5, 5.41) is 8.06. The molecule has 8 heteroatoms. The summed E-state index contributed by atoms with van der Waals surface area (Å²) in [6.07, 6.45) is 0.260. The van der Waals surface area contributed by atoms with E-state index in [9.17, 15) is 16.8 Å². The number of nitrogens with zero attached hydrogens (tertiary/aromatic N) is 2. The number of nitriles is 1. The van der Waals surface area contributed by atoms with Gasteiger partial charge in [0.2, 0.25) is 10.0 Å². The third-order valence-electron chi connectivity index (χ3n) is 3.66. The number of sulfone groups is 1. The fourth-order valence-electron chi connectivity index (χ4n) is 2.28. The molecule has 0 bridgehead atoms. The molecule has 0 radical (unpaired) electrons. The van der Waals surface area contributed by atoms with Gasteiger partial charge in [-0.25, -0.2) is 16.8 Å². The first-order valence-corrected chi connectivity index (χ1v) is 9.77. The largest absolute Gasteiger partial charge is 0.273 e. The molecule has 0 aromatic heterocycles. The van der Waals surface area contributed by atoms with E-state index < -0.39 is 25.1 Å². The van der Waals surface area contributed by atoms with Gasteiger partial charge in [0, 0.05) is 7.05 Å². The molecule has 0 N–H and O–H groups in total. The van der Waals surface area contributed by atoms with Gasteiger partial charge in [-0.05, 0) is 37.1 Å². The van der Waals surface area contributed by atoms with Crippen molar-refractivity contribution in [2.24, 2.45) is 0 Å². The number of hydrogen-bond acceptors (Lipinski definition) is 5. The highest BCUT2D eigenvalue weighted by molar-refractivity contribution is 7.94. The lowest BCUT2D eigenvalue weighted by molar-refractivity contribution is 0.551. The molecule has 1 fully saturated rings. The van der Waals surface area contributed by atoms with Gasteiger partial charge in [0.1, 0.15) is 9.84 Å². The first-order valence-electron chi connectivity index (χ1n) is 6.44. The lowest BCUT2D eigenvalue weighted by atomic mass is 10.2. The Hall–Kier alpha value is -1.59. The molecular weight excluding hydrogens is 312 g/mol. The van der Waals surface area contributed by atoms with Crippen molar-refractivity contribution in [2.45, 2.75) is 18.1 Å². The van der Waals surface area contributed by atoms with E-state index in [0.29, 0.717) is 11.3 Å². The number of sulfonamides is 1. The quantitative estimate of drug-likeness (QED) is 0.821. The van der Waals surface area contributed by atoms with Gasteiger partial charge in [-0.3, -0.25) is 4.31 Å². The number of hydrogen-bond donors (Lipinski definition) is 0.